The van der Waals surface area contributed by atoms with Crippen LogP contribution < -0.4 is 15.4 Å². The summed E-state index contributed by atoms with van der Waals surface area (Å²) < 4.78 is 42.1. The van der Waals surface area contributed by atoms with Gasteiger partial charge in [-0.05, 0) is 54.8 Å². The van der Waals surface area contributed by atoms with Gasteiger partial charge >= 0.3 is 6.61 Å². The normalized spacial score (nSPS) is 12.5. The minimum Gasteiger partial charge on any atom is -0.435 e. The summed E-state index contributed by atoms with van der Waals surface area (Å²) in [5, 5.41) is 17.6. The fourth-order valence-corrected chi connectivity index (χ4v) is 3.18. The molecule has 0 aliphatic carbocycles. The minimum atomic E-state index is -2.89. The number of aliphatic hydroxyl groups is 1. The predicted octanol–water partition coefficient (Wildman–Crippen LogP) is 4.36. The maximum absolute atomic E-state index is 13.3. The van der Waals surface area contributed by atoms with Crippen molar-refractivity contribution < 1.29 is 23.0 Å². The number of halogens is 4. The van der Waals surface area contributed by atoms with E-state index in [4.69, 9.17) is 0 Å². The number of aromatic nitrogens is 1. The molecule has 0 saturated heterocycles. The van der Waals surface area contributed by atoms with E-state index in [-0.39, 0.29) is 42.1 Å². The van der Waals surface area contributed by atoms with Crippen molar-refractivity contribution in [2.24, 2.45) is 4.99 Å². The van der Waals surface area contributed by atoms with Crippen molar-refractivity contribution in [2.45, 2.75) is 26.1 Å². The summed E-state index contributed by atoms with van der Waals surface area (Å²) in [6.45, 7) is 0.375. The van der Waals surface area contributed by atoms with Crippen molar-refractivity contribution in [1.82, 2.24) is 15.6 Å². The number of aliphatic imine (C=N–C) groups is 1. The molecule has 1 aromatic heterocycles. The summed E-state index contributed by atoms with van der Waals surface area (Å²) in [6, 6.07) is 10.5. The molecular weight excluding hydrogens is 536 g/mol. The van der Waals surface area contributed by atoms with Crippen molar-refractivity contribution in [3.05, 3.63) is 65.6 Å². The zero-order valence-electron chi connectivity index (χ0n) is 17.4. The Balaban J connectivity index is 0.00000363. The number of ether oxygens (including phenoxy) is 1. The number of nitrogens with zero attached hydrogens (tertiary/aromatic N) is 1. The lowest BCUT2D eigenvalue weighted by atomic mass is 10.1. The lowest BCUT2D eigenvalue weighted by Crippen LogP contribution is -2.38. The molecule has 0 spiro atoms. The van der Waals surface area contributed by atoms with Gasteiger partial charge in [0.05, 0.1) is 12.6 Å². The van der Waals surface area contributed by atoms with Crippen molar-refractivity contribution in [2.75, 3.05) is 19.6 Å². The number of fused-ring (bicyclic) bond motifs is 1. The van der Waals surface area contributed by atoms with Gasteiger partial charge < -0.3 is 25.5 Å². The topological polar surface area (TPSA) is 81.7 Å². The number of alkyl halides is 2. The van der Waals surface area contributed by atoms with Gasteiger partial charge in [0, 0.05) is 30.2 Å². The standard InChI is InChI=1S/C22H25F3N4O2.HI/c1-2-26-22(27-10-9-15-12-28-19-11-16(23)5-8-18(15)19)29-13-20(30)14-3-6-17(7-4-14)31-21(24)25;/h3-8,11-12,20-21,28,30H,2,9-10,13H2,1H3,(H2,26,27,29);1H. The zero-order valence-corrected chi connectivity index (χ0v) is 19.8. The Labute approximate surface area is 201 Å². The minimum absolute atomic E-state index is 0. The molecule has 0 saturated carbocycles. The Morgan fingerprint density at radius 3 is 2.59 bits per heavy atom. The van der Waals surface area contributed by atoms with Crippen LogP contribution in [0.15, 0.2) is 53.7 Å². The Kier molecular flexibility index (Phi) is 10.1. The van der Waals surface area contributed by atoms with Gasteiger partial charge in [-0.25, -0.2) is 4.39 Å². The quantitative estimate of drug-likeness (QED) is 0.178. The van der Waals surface area contributed by atoms with Crippen LogP contribution in [0.1, 0.15) is 24.2 Å². The lowest BCUT2D eigenvalue weighted by Gasteiger charge is -2.14. The highest BCUT2D eigenvalue weighted by Crippen LogP contribution is 2.20. The molecule has 6 nitrogen and oxygen atoms in total. The number of H-pyrrole nitrogens is 1. The molecule has 0 amide bonds. The van der Waals surface area contributed by atoms with Gasteiger partial charge in [0.25, 0.3) is 0 Å². The highest BCUT2D eigenvalue weighted by atomic mass is 127. The maximum atomic E-state index is 13.3. The van der Waals surface area contributed by atoms with Crippen molar-refractivity contribution >= 4 is 40.8 Å². The van der Waals surface area contributed by atoms with E-state index in [1.54, 1.807) is 6.07 Å². The van der Waals surface area contributed by atoms with Crippen molar-refractivity contribution in [3.8, 4) is 5.75 Å². The molecule has 1 atom stereocenters. The lowest BCUT2D eigenvalue weighted by molar-refractivity contribution is -0.0498. The second-order valence-corrected chi connectivity index (χ2v) is 6.86. The van der Waals surface area contributed by atoms with E-state index in [1.807, 2.05) is 13.1 Å². The molecule has 3 aromatic rings. The summed E-state index contributed by atoms with van der Waals surface area (Å²) in [4.78, 5) is 7.46. The number of aromatic amines is 1. The summed E-state index contributed by atoms with van der Waals surface area (Å²) in [5.74, 6) is 0.296. The van der Waals surface area contributed by atoms with Crippen LogP contribution in [0.5, 0.6) is 5.75 Å². The van der Waals surface area contributed by atoms with Crippen LogP contribution >= 0.6 is 24.0 Å². The number of guanidine groups is 1. The van der Waals surface area contributed by atoms with Crippen LogP contribution in [0.25, 0.3) is 10.9 Å². The third-order valence-electron chi connectivity index (χ3n) is 4.67. The SMILES string of the molecule is CCNC(=NCC(O)c1ccc(OC(F)F)cc1)NCCc1c[nH]c2cc(F)ccc12.I. The summed E-state index contributed by atoms with van der Waals surface area (Å²) in [7, 11) is 0. The van der Waals surface area contributed by atoms with Crippen molar-refractivity contribution in [1.29, 1.82) is 0 Å². The molecule has 4 N–H and O–H groups in total. The second-order valence-electron chi connectivity index (χ2n) is 6.86. The van der Waals surface area contributed by atoms with Crippen LogP contribution in [0, 0.1) is 5.82 Å². The van der Waals surface area contributed by atoms with Gasteiger partial charge in [-0.15, -0.1) is 24.0 Å². The molecule has 0 aliphatic heterocycles. The van der Waals surface area contributed by atoms with Gasteiger partial charge in [-0.2, -0.15) is 8.78 Å². The summed E-state index contributed by atoms with van der Waals surface area (Å²) in [6.07, 6.45) is 1.67. The van der Waals surface area contributed by atoms with Gasteiger partial charge in [0.2, 0.25) is 0 Å². The van der Waals surface area contributed by atoms with Gasteiger partial charge in [0.1, 0.15) is 11.6 Å². The van der Waals surface area contributed by atoms with Crippen LogP contribution in [0.2, 0.25) is 0 Å². The summed E-state index contributed by atoms with van der Waals surface area (Å²) >= 11 is 0. The van der Waals surface area contributed by atoms with E-state index in [0.29, 0.717) is 31.0 Å². The first-order chi connectivity index (χ1) is 15.0. The zero-order chi connectivity index (χ0) is 22.2. The average Bonchev–Trinajstić information content (AvgIpc) is 3.13. The van der Waals surface area contributed by atoms with E-state index >= 15 is 0 Å². The molecule has 0 aliphatic rings. The van der Waals surface area contributed by atoms with E-state index in [2.05, 4.69) is 25.3 Å². The van der Waals surface area contributed by atoms with Crippen LogP contribution in [0.4, 0.5) is 13.2 Å². The first-order valence-corrected chi connectivity index (χ1v) is 9.96. The smallest absolute Gasteiger partial charge is 0.387 e. The molecule has 1 heterocycles. The van der Waals surface area contributed by atoms with Crippen LogP contribution in [-0.2, 0) is 6.42 Å². The maximum Gasteiger partial charge on any atom is 0.387 e. The fraction of sp³-hybridized carbons (Fsp3) is 0.318. The van der Waals surface area contributed by atoms with Gasteiger partial charge in [0.15, 0.2) is 5.96 Å². The van der Waals surface area contributed by atoms with E-state index in [9.17, 15) is 18.3 Å². The molecule has 32 heavy (non-hydrogen) atoms. The molecule has 3 rings (SSSR count). The van der Waals surface area contributed by atoms with Gasteiger partial charge in [-0.1, -0.05) is 12.1 Å². The van der Waals surface area contributed by atoms with Gasteiger partial charge in [-0.3, -0.25) is 4.99 Å². The first kappa shape index (κ1) is 25.8. The van der Waals surface area contributed by atoms with Crippen LogP contribution in [0.3, 0.4) is 0 Å². The van der Waals surface area contributed by atoms with Crippen molar-refractivity contribution in [3.63, 3.8) is 0 Å². The average molecular weight is 562 g/mol. The predicted molar refractivity (Wildman–Crippen MR) is 129 cm³/mol. The number of rotatable bonds is 9. The number of hydrogen-bond acceptors (Lipinski definition) is 3. The molecule has 1 unspecified atom stereocenters. The Bertz CT molecular complexity index is 1010. The monoisotopic (exact) mass is 562 g/mol. The number of nitrogens with one attached hydrogen (secondary N) is 3. The molecule has 10 heteroatoms. The molecule has 2 aromatic carbocycles. The highest BCUT2D eigenvalue weighted by Gasteiger charge is 2.10. The highest BCUT2D eigenvalue weighted by molar-refractivity contribution is 14.0. The fourth-order valence-electron chi connectivity index (χ4n) is 3.18. The molecule has 174 valence electrons. The first-order valence-electron chi connectivity index (χ1n) is 9.96. The molecule has 0 radical (unpaired) electrons. The summed E-state index contributed by atoms with van der Waals surface area (Å²) in [5.41, 5.74) is 2.36. The second kappa shape index (κ2) is 12.5. The number of aliphatic hydroxyl groups excluding tert-OH is 1. The molecular formula is C22H26F3IN4O2. The molecule has 0 bridgehead atoms. The van der Waals surface area contributed by atoms with E-state index in [1.165, 1.54) is 36.4 Å². The third kappa shape index (κ3) is 7.30. The third-order valence-corrected chi connectivity index (χ3v) is 4.67. The Hall–Kier alpha value is -2.47. The number of benzene rings is 2. The molecule has 0 fully saturated rings. The van der Waals surface area contributed by atoms with E-state index < -0.39 is 12.7 Å². The van der Waals surface area contributed by atoms with E-state index in [0.717, 1.165) is 16.5 Å². The Morgan fingerprint density at radius 2 is 1.91 bits per heavy atom. The van der Waals surface area contributed by atoms with Crippen LogP contribution in [-0.4, -0.2) is 42.3 Å². The Morgan fingerprint density at radius 1 is 1.16 bits per heavy atom. The largest absolute Gasteiger partial charge is 0.435 e. The number of hydrogen-bond donors (Lipinski definition) is 4.